The topological polar surface area (TPSA) is 75.9 Å². The van der Waals surface area contributed by atoms with Gasteiger partial charge in [-0.05, 0) is 51.7 Å². The average Bonchev–Trinajstić information content (AvgIpc) is 2.40. The minimum atomic E-state index is -3.61. The molecule has 0 fully saturated rings. The van der Waals surface area contributed by atoms with Crippen molar-refractivity contribution < 1.29 is 13.2 Å². The molecular weight excluding hydrogens is 290 g/mol. The molecule has 0 aliphatic rings. The number of ether oxygens (including phenoxy) is 1. The molecule has 0 heterocycles. The maximum atomic E-state index is 12.6. The van der Waals surface area contributed by atoms with Gasteiger partial charge in [-0.15, -0.1) is 0 Å². The van der Waals surface area contributed by atoms with Crippen molar-refractivity contribution in [2.75, 3.05) is 47.1 Å². The Hall–Kier alpha value is -1.31. The first-order chi connectivity index (χ1) is 9.70. The van der Waals surface area contributed by atoms with Crippen LogP contribution in [0.1, 0.15) is 12.0 Å². The molecule has 0 atom stereocenters. The molecule has 0 spiro atoms. The number of nitrogen functional groups attached to an aromatic ring is 1. The lowest BCUT2D eigenvalue weighted by molar-refractivity contribution is 0.367. The largest absolute Gasteiger partial charge is 0.495 e. The van der Waals surface area contributed by atoms with Gasteiger partial charge in [-0.2, -0.15) is 0 Å². The number of hydrogen-bond acceptors (Lipinski definition) is 5. The third-order valence-corrected chi connectivity index (χ3v) is 5.20. The molecule has 0 saturated carbocycles. The van der Waals surface area contributed by atoms with E-state index in [0.717, 1.165) is 18.5 Å². The van der Waals surface area contributed by atoms with E-state index < -0.39 is 10.0 Å². The van der Waals surface area contributed by atoms with Crippen LogP contribution in [0.2, 0.25) is 0 Å². The second-order valence-corrected chi connectivity index (χ2v) is 7.36. The first-order valence-electron chi connectivity index (χ1n) is 6.75. The average molecular weight is 315 g/mol. The Morgan fingerprint density at radius 2 is 1.81 bits per heavy atom. The molecule has 0 radical (unpaired) electrons. The number of nitrogens with two attached hydrogens (primary N) is 1. The Bertz CT molecular complexity index is 585. The van der Waals surface area contributed by atoms with Gasteiger partial charge in [0.2, 0.25) is 10.0 Å². The summed E-state index contributed by atoms with van der Waals surface area (Å²) < 4.78 is 31.8. The van der Waals surface area contributed by atoms with Gasteiger partial charge in [0.25, 0.3) is 0 Å². The number of aryl methyl sites for hydroxylation is 1. The standard InChI is InChI=1S/C14H25N3O3S/c1-11-9-13(20-5)14(10-12(11)15)21(18,19)17(4)8-6-7-16(2)3/h9-10H,6-8,15H2,1-5H3. The normalized spacial score (nSPS) is 12.1. The smallest absolute Gasteiger partial charge is 0.246 e. The van der Waals surface area contributed by atoms with Crippen LogP contribution in [-0.2, 0) is 10.0 Å². The summed E-state index contributed by atoms with van der Waals surface area (Å²) in [5.74, 6) is 0.321. The number of rotatable bonds is 7. The molecule has 0 bridgehead atoms. The molecule has 1 aromatic carbocycles. The van der Waals surface area contributed by atoms with Crippen LogP contribution in [0, 0.1) is 6.92 Å². The summed E-state index contributed by atoms with van der Waals surface area (Å²) in [7, 11) is 3.33. The number of benzene rings is 1. The van der Waals surface area contributed by atoms with Crippen molar-refractivity contribution in [2.45, 2.75) is 18.2 Å². The molecule has 0 aliphatic carbocycles. The van der Waals surface area contributed by atoms with Gasteiger partial charge in [-0.25, -0.2) is 12.7 Å². The van der Waals surface area contributed by atoms with Crippen molar-refractivity contribution in [3.63, 3.8) is 0 Å². The van der Waals surface area contributed by atoms with Crippen LogP contribution in [0.25, 0.3) is 0 Å². The second kappa shape index (κ2) is 7.11. The van der Waals surface area contributed by atoms with E-state index in [0.29, 0.717) is 18.0 Å². The van der Waals surface area contributed by atoms with Crippen molar-refractivity contribution in [3.8, 4) is 5.75 Å². The van der Waals surface area contributed by atoms with Gasteiger partial charge in [0.1, 0.15) is 10.6 Å². The highest BCUT2D eigenvalue weighted by molar-refractivity contribution is 7.89. The molecule has 120 valence electrons. The van der Waals surface area contributed by atoms with Gasteiger partial charge in [-0.3, -0.25) is 0 Å². The van der Waals surface area contributed by atoms with Crippen molar-refractivity contribution >= 4 is 15.7 Å². The highest BCUT2D eigenvalue weighted by atomic mass is 32.2. The van der Waals surface area contributed by atoms with Crippen LogP contribution in [0.5, 0.6) is 5.75 Å². The lowest BCUT2D eigenvalue weighted by Crippen LogP contribution is -2.30. The van der Waals surface area contributed by atoms with E-state index >= 15 is 0 Å². The first kappa shape index (κ1) is 17.7. The van der Waals surface area contributed by atoms with E-state index in [1.165, 1.54) is 17.5 Å². The maximum Gasteiger partial charge on any atom is 0.246 e. The number of anilines is 1. The van der Waals surface area contributed by atoms with Crippen LogP contribution in [0.3, 0.4) is 0 Å². The molecule has 0 aliphatic heterocycles. The second-order valence-electron chi connectivity index (χ2n) is 5.34. The lowest BCUT2D eigenvalue weighted by atomic mass is 10.2. The van der Waals surface area contributed by atoms with Crippen LogP contribution in [0.15, 0.2) is 17.0 Å². The maximum absolute atomic E-state index is 12.6. The fourth-order valence-electron chi connectivity index (χ4n) is 1.94. The fraction of sp³-hybridized carbons (Fsp3) is 0.571. The Labute approximate surface area is 127 Å². The quantitative estimate of drug-likeness (QED) is 0.764. The minimum Gasteiger partial charge on any atom is -0.495 e. The van der Waals surface area contributed by atoms with E-state index in [1.807, 2.05) is 25.9 Å². The predicted molar refractivity (Wildman–Crippen MR) is 85.1 cm³/mol. The highest BCUT2D eigenvalue weighted by Gasteiger charge is 2.25. The van der Waals surface area contributed by atoms with Gasteiger partial charge in [0.15, 0.2) is 0 Å². The van der Waals surface area contributed by atoms with E-state index in [9.17, 15) is 8.42 Å². The molecule has 7 heteroatoms. The molecule has 0 aromatic heterocycles. The van der Waals surface area contributed by atoms with E-state index in [2.05, 4.69) is 0 Å². The zero-order chi connectivity index (χ0) is 16.2. The summed E-state index contributed by atoms with van der Waals surface area (Å²) >= 11 is 0. The SMILES string of the molecule is COc1cc(C)c(N)cc1S(=O)(=O)N(C)CCCN(C)C. The summed E-state index contributed by atoms with van der Waals surface area (Å²) in [5, 5.41) is 0. The first-order valence-corrected chi connectivity index (χ1v) is 8.19. The van der Waals surface area contributed by atoms with E-state index in [4.69, 9.17) is 10.5 Å². The minimum absolute atomic E-state index is 0.112. The van der Waals surface area contributed by atoms with Crippen molar-refractivity contribution in [1.29, 1.82) is 0 Å². The predicted octanol–water partition coefficient (Wildman–Crippen LogP) is 1.16. The van der Waals surface area contributed by atoms with E-state index in [-0.39, 0.29) is 4.90 Å². The van der Waals surface area contributed by atoms with Crippen molar-refractivity contribution in [1.82, 2.24) is 9.21 Å². The summed E-state index contributed by atoms with van der Waals surface area (Å²) in [6.45, 7) is 3.08. The molecule has 1 rings (SSSR count). The third kappa shape index (κ3) is 4.33. The van der Waals surface area contributed by atoms with Crippen LogP contribution < -0.4 is 10.5 Å². The number of nitrogens with zero attached hydrogens (tertiary/aromatic N) is 2. The zero-order valence-corrected chi connectivity index (χ0v) is 14.2. The number of sulfonamides is 1. The molecule has 1 aromatic rings. The van der Waals surface area contributed by atoms with Gasteiger partial charge in [0.05, 0.1) is 7.11 Å². The highest BCUT2D eigenvalue weighted by Crippen LogP contribution is 2.30. The number of hydrogen-bond donors (Lipinski definition) is 1. The Balaban J connectivity index is 3.04. The van der Waals surface area contributed by atoms with Gasteiger partial charge >= 0.3 is 0 Å². The third-order valence-electron chi connectivity index (χ3n) is 3.32. The Morgan fingerprint density at radius 1 is 1.19 bits per heavy atom. The summed E-state index contributed by atoms with van der Waals surface area (Å²) in [4.78, 5) is 2.13. The lowest BCUT2D eigenvalue weighted by Gasteiger charge is -2.20. The molecule has 0 saturated heterocycles. The molecule has 2 N–H and O–H groups in total. The summed E-state index contributed by atoms with van der Waals surface area (Å²) in [6.07, 6.45) is 0.756. The monoisotopic (exact) mass is 315 g/mol. The zero-order valence-electron chi connectivity index (χ0n) is 13.4. The van der Waals surface area contributed by atoms with Crippen LogP contribution in [0.4, 0.5) is 5.69 Å². The summed E-state index contributed by atoms with van der Waals surface area (Å²) in [5.41, 5.74) is 7.07. The van der Waals surface area contributed by atoms with Gasteiger partial charge < -0.3 is 15.4 Å². The molecular formula is C14H25N3O3S. The molecule has 21 heavy (non-hydrogen) atoms. The van der Waals surface area contributed by atoms with Crippen LogP contribution >= 0.6 is 0 Å². The van der Waals surface area contributed by atoms with Gasteiger partial charge in [-0.1, -0.05) is 0 Å². The Morgan fingerprint density at radius 3 is 2.33 bits per heavy atom. The molecule has 0 amide bonds. The van der Waals surface area contributed by atoms with Crippen molar-refractivity contribution in [2.24, 2.45) is 0 Å². The van der Waals surface area contributed by atoms with E-state index in [1.54, 1.807) is 13.1 Å². The molecule has 6 nitrogen and oxygen atoms in total. The molecule has 0 unspecified atom stereocenters. The fourth-order valence-corrected chi connectivity index (χ4v) is 3.31. The van der Waals surface area contributed by atoms with Gasteiger partial charge in [0, 0.05) is 19.3 Å². The Kier molecular flexibility index (Phi) is 6.00. The number of methoxy groups -OCH3 is 1. The van der Waals surface area contributed by atoms with Crippen LogP contribution in [-0.4, -0.2) is 59.0 Å². The van der Waals surface area contributed by atoms with Crippen molar-refractivity contribution in [3.05, 3.63) is 17.7 Å². The summed E-state index contributed by atoms with van der Waals surface area (Å²) in [6, 6.07) is 3.11.